The van der Waals surface area contributed by atoms with Crippen molar-refractivity contribution in [2.75, 3.05) is 20.1 Å². The summed E-state index contributed by atoms with van der Waals surface area (Å²) in [5, 5.41) is 0. The van der Waals surface area contributed by atoms with E-state index in [-0.39, 0.29) is 76.7 Å². The number of rotatable bonds is 3. The molecular formula is C12H16N2Na2O4. The third-order valence-corrected chi connectivity index (χ3v) is 2.54. The van der Waals surface area contributed by atoms with Crippen LogP contribution in [0.4, 0.5) is 0 Å². The fourth-order valence-electron chi connectivity index (χ4n) is 1.70. The van der Waals surface area contributed by atoms with Gasteiger partial charge in [-0.15, -0.1) is 0 Å². The van der Waals surface area contributed by atoms with Crippen LogP contribution in [-0.4, -0.2) is 107 Å². The van der Waals surface area contributed by atoms with Gasteiger partial charge in [-0.25, -0.2) is 9.78 Å². The molecule has 0 radical (unpaired) electrons. The van der Waals surface area contributed by atoms with E-state index in [1.54, 1.807) is 6.07 Å². The number of carbonyl (C=O) groups excluding carboxylic acids is 2. The number of pyridine rings is 1. The van der Waals surface area contributed by atoms with Gasteiger partial charge in [-0.3, -0.25) is 9.69 Å². The van der Waals surface area contributed by atoms with Crippen molar-refractivity contribution in [1.82, 2.24) is 9.88 Å². The number of likely N-dealkylation sites (N-methyl/N-ethyl adjacent to an activating group) is 1. The molecule has 0 aliphatic carbocycles. The first-order valence-corrected chi connectivity index (χ1v) is 5.59. The summed E-state index contributed by atoms with van der Waals surface area (Å²) < 4.78 is 10.1. The molecule has 0 unspecified atom stereocenters. The minimum atomic E-state index is -0.738. The van der Waals surface area contributed by atoms with E-state index in [0.717, 1.165) is 13.1 Å². The predicted molar refractivity (Wildman–Crippen MR) is 76.5 cm³/mol. The number of ether oxygens (including phenoxy) is 2. The van der Waals surface area contributed by atoms with E-state index in [9.17, 15) is 9.59 Å². The number of carbonyl (C=O) groups is 2. The fourth-order valence-corrected chi connectivity index (χ4v) is 1.70. The molecule has 0 atom stereocenters. The molecule has 0 amide bonds. The van der Waals surface area contributed by atoms with E-state index in [1.807, 2.05) is 7.05 Å². The first kappa shape index (κ1) is 20.1. The number of likely N-dealkylation sites (tertiary alicyclic amines) is 1. The van der Waals surface area contributed by atoms with Gasteiger partial charge in [0.1, 0.15) is 11.7 Å². The van der Waals surface area contributed by atoms with Gasteiger partial charge >= 0.3 is 71.1 Å². The second kappa shape index (κ2) is 9.15. The van der Waals surface area contributed by atoms with E-state index in [4.69, 9.17) is 4.74 Å². The van der Waals surface area contributed by atoms with Crippen molar-refractivity contribution in [3.8, 4) is 5.88 Å². The zero-order chi connectivity index (χ0) is 13.1. The van der Waals surface area contributed by atoms with Crippen LogP contribution in [0.2, 0.25) is 0 Å². The molecule has 0 saturated carbocycles. The maximum atomic E-state index is 11.7. The molecule has 1 aliphatic heterocycles. The Hall–Kier alpha value is 0.0500. The summed E-state index contributed by atoms with van der Waals surface area (Å²) >= 11 is 0. The molecule has 2 heterocycles. The van der Waals surface area contributed by atoms with Gasteiger partial charge in [-0.05, 0) is 19.2 Å². The first-order chi connectivity index (χ1) is 8.56. The third kappa shape index (κ3) is 5.44. The molecule has 0 N–H and O–H groups in total. The minimum absolute atomic E-state index is 0. The van der Waals surface area contributed by atoms with Crippen LogP contribution in [0.15, 0.2) is 18.3 Å². The molecule has 1 aromatic heterocycles. The maximum absolute atomic E-state index is 11.7. The molecular weight excluding hydrogens is 282 g/mol. The van der Waals surface area contributed by atoms with Crippen LogP contribution >= 0.6 is 0 Å². The van der Waals surface area contributed by atoms with Gasteiger partial charge in [0, 0.05) is 26.2 Å². The quantitative estimate of drug-likeness (QED) is 0.413. The summed E-state index contributed by atoms with van der Waals surface area (Å²) in [4.78, 5) is 28.5. The van der Waals surface area contributed by atoms with Gasteiger partial charge in [0.15, 0.2) is 0 Å². The van der Waals surface area contributed by atoms with Crippen LogP contribution in [0.3, 0.4) is 0 Å². The predicted octanol–water partition coefficient (Wildman–Crippen LogP) is -0.819. The van der Waals surface area contributed by atoms with Gasteiger partial charge in [0.25, 0.3) is 0 Å². The molecule has 6 nitrogen and oxygen atoms in total. The Labute approximate surface area is 161 Å². The van der Waals surface area contributed by atoms with Gasteiger partial charge in [-0.2, -0.15) is 0 Å². The monoisotopic (exact) mass is 298 g/mol. The Bertz CT molecular complexity index is 478. The van der Waals surface area contributed by atoms with Crippen LogP contribution in [0.25, 0.3) is 0 Å². The topological polar surface area (TPSA) is 68.7 Å². The van der Waals surface area contributed by atoms with Crippen LogP contribution in [0.1, 0.15) is 17.3 Å². The molecule has 1 aromatic rings. The van der Waals surface area contributed by atoms with Crippen molar-refractivity contribution in [2.24, 2.45) is 0 Å². The number of hydrogen-bond donors (Lipinski definition) is 0. The van der Waals surface area contributed by atoms with Crippen LogP contribution in [0, 0.1) is 0 Å². The van der Waals surface area contributed by atoms with E-state index < -0.39 is 11.9 Å². The number of aromatic nitrogens is 1. The molecule has 1 fully saturated rings. The normalized spacial score (nSPS) is 14.3. The second-order valence-electron chi connectivity index (χ2n) is 4.20. The standard InChI is InChI=1S/C12H14N2O4.2Na.2H/c1-8(15)17-12(16)10-4-3-5-13-11(10)18-9-6-14(2)7-9;;;;/h3-5,9H,6-7H2,1-2H3;;;;. The van der Waals surface area contributed by atoms with Crippen molar-refractivity contribution in [3.63, 3.8) is 0 Å². The van der Waals surface area contributed by atoms with Crippen molar-refractivity contribution in [1.29, 1.82) is 0 Å². The first-order valence-electron chi connectivity index (χ1n) is 5.59. The summed E-state index contributed by atoms with van der Waals surface area (Å²) in [5.41, 5.74) is 0.169. The van der Waals surface area contributed by atoms with E-state index in [1.165, 1.54) is 19.2 Å². The molecule has 8 heteroatoms. The SMILES string of the molecule is CC(=O)OC(=O)c1cccnc1OC1CN(C)C1.[NaH].[NaH]. The number of esters is 2. The summed E-state index contributed by atoms with van der Waals surface area (Å²) in [7, 11) is 1.98. The summed E-state index contributed by atoms with van der Waals surface area (Å²) in [6, 6.07) is 3.12. The summed E-state index contributed by atoms with van der Waals surface area (Å²) in [6.45, 7) is 2.76. The molecule has 100 valence electrons. The third-order valence-electron chi connectivity index (χ3n) is 2.54. The summed E-state index contributed by atoms with van der Waals surface area (Å²) in [6.07, 6.45) is 1.55. The van der Waals surface area contributed by atoms with E-state index in [2.05, 4.69) is 14.6 Å². The van der Waals surface area contributed by atoms with E-state index >= 15 is 0 Å². The van der Waals surface area contributed by atoms with Crippen LogP contribution in [-0.2, 0) is 9.53 Å². The average Bonchev–Trinajstić information content (AvgIpc) is 2.26. The van der Waals surface area contributed by atoms with Crippen molar-refractivity contribution < 1.29 is 19.1 Å². The fraction of sp³-hybridized carbons (Fsp3) is 0.417. The molecule has 20 heavy (non-hydrogen) atoms. The Kier molecular flexibility index (Phi) is 9.17. The molecule has 0 aromatic carbocycles. The Morgan fingerprint density at radius 2 is 2.00 bits per heavy atom. The van der Waals surface area contributed by atoms with Gasteiger partial charge in [0.2, 0.25) is 5.88 Å². The van der Waals surface area contributed by atoms with Crippen molar-refractivity contribution in [2.45, 2.75) is 13.0 Å². The molecule has 0 spiro atoms. The van der Waals surface area contributed by atoms with Crippen LogP contribution in [0.5, 0.6) is 5.88 Å². The molecule has 1 saturated heterocycles. The summed E-state index contributed by atoms with van der Waals surface area (Å²) in [5.74, 6) is -1.18. The number of hydrogen-bond acceptors (Lipinski definition) is 6. The zero-order valence-corrected chi connectivity index (χ0v) is 10.3. The van der Waals surface area contributed by atoms with Crippen LogP contribution < -0.4 is 4.74 Å². The molecule has 0 bridgehead atoms. The van der Waals surface area contributed by atoms with E-state index in [0.29, 0.717) is 0 Å². The van der Waals surface area contributed by atoms with Crippen molar-refractivity contribution >= 4 is 71.1 Å². The average molecular weight is 298 g/mol. The molecule has 1 aliphatic rings. The second-order valence-corrected chi connectivity index (χ2v) is 4.20. The van der Waals surface area contributed by atoms with Gasteiger partial charge in [0.05, 0.1) is 0 Å². The zero-order valence-electron chi connectivity index (χ0n) is 10.3. The van der Waals surface area contributed by atoms with Gasteiger partial charge in [-0.1, -0.05) is 0 Å². The van der Waals surface area contributed by atoms with Gasteiger partial charge < -0.3 is 9.47 Å². The Balaban J connectivity index is 0.00000180. The van der Waals surface area contributed by atoms with Crippen molar-refractivity contribution in [3.05, 3.63) is 23.9 Å². The Morgan fingerprint density at radius 1 is 1.35 bits per heavy atom. The number of nitrogens with zero attached hydrogens (tertiary/aromatic N) is 2. The molecule has 2 rings (SSSR count). The Morgan fingerprint density at radius 3 is 2.55 bits per heavy atom.